The summed E-state index contributed by atoms with van der Waals surface area (Å²) in [6.07, 6.45) is 3.95. The molecule has 1 fully saturated rings. The molecule has 4 nitrogen and oxygen atoms in total. The molecule has 0 aromatic rings. The Bertz CT molecular complexity index is 237. The first-order chi connectivity index (χ1) is 5.49. The summed E-state index contributed by atoms with van der Waals surface area (Å²) in [5.41, 5.74) is 0. The molecule has 0 heterocycles. The van der Waals surface area contributed by atoms with Gasteiger partial charge in [0.05, 0.1) is 0 Å². The highest BCUT2D eigenvalue weighted by atomic mass is 32.2. The smallest absolute Gasteiger partial charge is 0.159 e. The van der Waals surface area contributed by atoms with Gasteiger partial charge in [0.25, 0.3) is 0 Å². The van der Waals surface area contributed by atoms with Crippen molar-refractivity contribution >= 4 is 10.3 Å². The summed E-state index contributed by atoms with van der Waals surface area (Å²) in [5, 5.41) is 0. The summed E-state index contributed by atoms with van der Waals surface area (Å²) in [5.74, 6) is 0.294. The molecule has 1 aliphatic rings. The van der Waals surface area contributed by atoms with Gasteiger partial charge >= 0.3 is 0 Å². The second-order valence-corrected chi connectivity index (χ2v) is 4.58. The molecule has 0 radical (unpaired) electrons. The van der Waals surface area contributed by atoms with Crippen molar-refractivity contribution in [2.24, 2.45) is 5.92 Å². The Kier molecular flexibility index (Phi) is 3.09. The van der Waals surface area contributed by atoms with Gasteiger partial charge in [-0.25, -0.2) is 13.1 Å². The zero-order valence-corrected chi connectivity index (χ0v) is 7.93. The quantitative estimate of drug-likeness (QED) is 0.652. The van der Waals surface area contributed by atoms with Crippen molar-refractivity contribution in [3.8, 4) is 0 Å². The minimum absolute atomic E-state index is 0.138. The molecule has 0 amide bonds. The van der Waals surface area contributed by atoms with E-state index in [9.17, 15) is 13.0 Å². The number of hydrogen-bond acceptors (Lipinski definition) is 3. The van der Waals surface area contributed by atoms with Gasteiger partial charge in [0.1, 0.15) is 0 Å². The highest BCUT2D eigenvalue weighted by molar-refractivity contribution is 7.83. The maximum absolute atomic E-state index is 10.4. The molecular weight excluding hydrogens is 178 g/mol. The van der Waals surface area contributed by atoms with Crippen molar-refractivity contribution in [2.45, 2.75) is 38.6 Å². The molecule has 72 valence electrons. The first-order valence-electron chi connectivity index (χ1n) is 4.22. The van der Waals surface area contributed by atoms with Crippen LogP contribution in [0.3, 0.4) is 0 Å². The Hall–Kier alpha value is -0.130. The van der Waals surface area contributed by atoms with E-state index in [0.717, 1.165) is 25.7 Å². The van der Waals surface area contributed by atoms with Crippen LogP contribution in [0.25, 0.3) is 0 Å². The van der Waals surface area contributed by atoms with Crippen LogP contribution >= 0.6 is 0 Å². The van der Waals surface area contributed by atoms with E-state index in [1.807, 2.05) is 6.92 Å². The fraction of sp³-hybridized carbons (Fsp3) is 1.00. The van der Waals surface area contributed by atoms with Crippen molar-refractivity contribution in [1.29, 1.82) is 0 Å². The Morgan fingerprint density at radius 1 is 1.33 bits per heavy atom. The summed E-state index contributed by atoms with van der Waals surface area (Å²) in [7, 11) is -4.26. The Morgan fingerprint density at radius 3 is 2.42 bits per heavy atom. The van der Waals surface area contributed by atoms with Crippen LogP contribution in [0.2, 0.25) is 0 Å². The Balaban J connectivity index is 2.50. The van der Waals surface area contributed by atoms with Crippen molar-refractivity contribution in [3.05, 3.63) is 0 Å². The average molecular weight is 192 g/mol. The third-order valence-electron chi connectivity index (χ3n) is 2.41. The molecule has 0 bridgehead atoms. The van der Waals surface area contributed by atoms with Gasteiger partial charge in [-0.2, -0.15) is 0 Å². The van der Waals surface area contributed by atoms with E-state index < -0.39 is 10.3 Å². The summed E-state index contributed by atoms with van der Waals surface area (Å²) >= 11 is 0. The monoisotopic (exact) mass is 192 g/mol. The highest BCUT2D eigenvalue weighted by Crippen LogP contribution is 2.23. The Labute approximate surface area is 73.2 Å². The normalized spacial score (nSPS) is 31.8. The van der Waals surface area contributed by atoms with Crippen molar-refractivity contribution in [1.82, 2.24) is 4.72 Å². The van der Waals surface area contributed by atoms with E-state index in [2.05, 4.69) is 4.72 Å². The van der Waals surface area contributed by atoms with Crippen LogP contribution in [0.1, 0.15) is 32.6 Å². The lowest BCUT2D eigenvalue weighted by atomic mass is 9.87. The molecule has 1 rings (SSSR count). The molecule has 2 unspecified atom stereocenters. The number of hydrogen-bond donors (Lipinski definition) is 1. The molecule has 0 aromatic carbocycles. The van der Waals surface area contributed by atoms with Gasteiger partial charge in [-0.1, -0.05) is 19.8 Å². The molecule has 0 saturated heterocycles. The van der Waals surface area contributed by atoms with Crippen molar-refractivity contribution < 1.29 is 13.0 Å². The number of nitrogens with one attached hydrogen (secondary N) is 1. The maximum Gasteiger partial charge on any atom is 0.159 e. The van der Waals surface area contributed by atoms with Gasteiger partial charge in [0.2, 0.25) is 0 Å². The van der Waals surface area contributed by atoms with Crippen LogP contribution in [0.15, 0.2) is 0 Å². The SMILES string of the molecule is CC1CCCCC1NS(=O)(=O)[O-]. The van der Waals surface area contributed by atoms with Gasteiger partial charge in [-0.3, -0.25) is 0 Å². The maximum atomic E-state index is 10.4. The predicted molar refractivity (Wildman–Crippen MR) is 44.3 cm³/mol. The molecule has 1 N–H and O–H groups in total. The third-order valence-corrected chi connectivity index (χ3v) is 3.00. The standard InChI is InChI=1S/C7H15NO3S/c1-6-4-2-3-5-7(6)8-12(9,10)11/h6-8H,2-5H2,1H3,(H,9,10,11)/p-1. The topological polar surface area (TPSA) is 69.2 Å². The average Bonchev–Trinajstić information content (AvgIpc) is 1.91. The summed E-state index contributed by atoms with van der Waals surface area (Å²) in [4.78, 5) is 0. The lowest BCUT2D eigenvalue weighted by molar-refractivity contribution is 0.300. The van der Waals surface area contributed by atoms with Gasteiger partial charge in [0, 0.05) is 6.04 Å². The summed E-state index contributed by atoms with van der Waals surface area (Å²) < 4.78 is 33.3. The van der Waals surface area contributed by atoms with E-state index >= 15 is 0 Å². The van der Waals surface area contributed by atoms with Gasteiger partial charge < -0.3 is 4.55 Å². The van der Waals surface area contributed by atoms with Crippen LogP contribution in [-0.4, -0.2) is 19.0 Å². The minimum Gasteiger partial charge on any atom is -0.735 e. The van der Waals surface area contributed by atoms with E-state index in [0.29, 0.717) is 5.92 Å². The largest absolute Gasteiger partial charge is 0.735 e. The van der Waals surface area contributed by atoms with Crippen LogP contribution in [0.5, 0.6) is 0 Å². The van der Waals surface area contributed by atoms with Crippen molar-refractivity contribution in [3.63, 3.8) is 0 Å². The molecule has 5 heteroatoms. The molecule has 0 aromatic heterocycles. The van der Waals surface area contributed by atoms with Crippen LogP contribution in [-0.2, 0) is 10.3 Å². The predicted octanol–water partition coefficient (Wildman–Crippen LogP) is 0.615. The van der Waals surface area contributed by atoms with Gasteiger partial charge in [-0.05, 0) is 18.8 Å². The lowest BCUT2D eigenvalue weighted by Crippen LogP contribution is -2.40. The van der Waals surface area contributed by atoms with E-state index in [1.54, 1.807) is 0 Å². The zero-order valence-electron chi connectivity index (χ0n) is 7.12. The summed E-state index contributed by atoms with van der Waals surface area (Å²) in [6, 6.07) is -0.138. The molecule has 0 spiro atoms. The van der Waals surface area contributed by atoms with E-state index in [1.165, 1.54) is 0 Å². The highest BCUT2D eigenvalue weighted by Gasteiger charge is 2.22. The first kappa shape index (κ1) is 9.95. The Morgan fingerprint density at radius 2 is 1.92 bits per heavy atom. The van der Waals surface area contributed by atoms with Crippen LogP contribution in [0, 0.1) is 5.92 Å². The number of rotatable bonds is 2. The molecular formula is C7H14NO3S-. The third kappa shape index (κ3) is 3.08. The van der Waals surface area contributed by atoms with Gasteiger partial charge in [0.15, 0.2) is 10.3 Å². The van der Waals surface area contributed by atoms with Crippen LogP contribution in [0.4, 0.5) is 0 Å². The second kappa shape index (κ2) is 3.72. The molecule has 2 atom stereocenters. The van der Waals surface area contributed by atoms with E-state index in [-0.39, 0.29) is 6.04 Å². The van der Waals surface area contributed by atoms with Crippen LogP contribution < -0.4 is 4.72 Å². The van der Waals surface area contributed by atoms with E-state index in [4.69, 9.17) is 0 Å². The fourth-order valence-electron chi connectivity index (χ4n) is 1.68. The molecule has 1 aliphatic carbocycles. The molecule has 0 aliphatic heterocycles. The van der Waals surface area contributed by atoms with Gasteiger partial charge in [-0.15, -0.1) is 0 Å². The molecule has 12 heavy (non-hydrogen) atoms. The first-order valence-corrected chi connectivity index (χ1v) is 5.63. The summed E-state index contributed by atoms with van der Waals surface area (Å²) in [6.45, 7) is 1.97. The van der Waals surface area contributed by atoms with Crippen molar-refractivity contribution in [2.75, 3.05) is 0 Å². The minimum atomic E-state index is -4.26. The molecule has 1 saturated carbocycles. The second-order valence-electron chi connectivity index (χ2n) is 3.44. The fourth-order valence-corrected chi connectivity index (χ4v) is 2.40. The lowest BCUT2D eigenvalue weighted by Gasteiger charge is -2.30. The zero-order chi connectivity index (χ0) is 9.19.